The van der Waals surface area contributed by atoms with E-state index in [2.05, 4.69) is 17.3 Å². The molecule has 1 aliphatic heterocycles. The number of hydrogen-bond donors (Lipinski definition) is 1. The fourth-order valence-corrected chi connectivity index (χ4v) is 2.15. The van der Waals surface area contributed by atoms with Crippen molar-refractivity contribution in [1.29, 1.82) is 0 Å². The van der Waals surface area contributed by atoms with Crippen molar-refractivity contribution in [3.8, 4) is 17.2 Å². The molecule has 3 rings (SSSR count). The lowest BCUT2D eigenvalue weighted by Crippen LogP contribution is -2.12. The Morgan fingerprint density at radius 3 is 2.90 bits per heavy atom. The first-order chi connectivity index (χ1) is 9.86. The van der Waals surface area contributed by atoms with Gasteiger partial charge in [0.25, 0.3) is 0 Å². The lowest BCUT2D eigenvalue weighted by Gasteiger charge is -2.09. The minimum Gasteiger partial charge on any atom is -0.490 e. The maximum absolute atomic E-state index is 5.70. The highest BCUT2D eigenvalue weighted by Gasteiger charge is 2.11. The van der Waals surface area contributed by atoms with Crippen molar-refractivity contribution in [1.82, 2.24) is 15.1 Å². The Balaban J connectivity index is 1.83. The highest BCUT2D eigenvalue weighted by molar-refractivity contribution is 5.48. The number of rotatable bonds is 4. The summed E-state index contributed by atoms with van der Waals surface area (Å²) in [5.74, 6) is 1.61. The maximum Gasteiger partial charge on any atom is 0.163 e. The Kier molecular flexibility index (Phi) is 3.87. The van der Waals surface area contributed by atoms with Crippen LogP contribution < -0.4 is 14.8 Å². The summed E-state index contributed by atoms with van der Waals surface area (Å²) >= 11 is 0. The van der Waals surface area contributed by atoms with Crippen LogP contribution in [0.15, 0.2) is 30.5 Å². The molecule has 1 N–H and O–H groups in total. The van der Waals surface area contributed by atoms with Crippen molar-refractivity contribution < 1.29 is 9.47 Å². The van der Waals surface area contributed by atoms with E-state index in [1.165, 1.54) is 0 Å². The number of benzene rings is 1. The van der Waals surface area contributed by atoms with Crippen LogP contribution in [0.3, 0.4) is 0 Å². The fourth-order valence-electron chi connectivity index (χ4n) is 2.15. The minimum atomic E-state index is 0.696. The van der Waals surface area contributed by atoms with Crippen LogP contribution >= 0.6 is 0 Å². The second kappa shape index (κ2) is 5.96. The van der Waals surface area contributed by atoms with Crippen LogP contribution in [-0.2, 0) is 6.54 Å². The molecule has 1 aliphatic rings. The van der Waals surface area contributed by atoms with Crippen molar-refractivity contribution in [3.05, 3.63) is 36.2 Å². The summed E-state index contributed by atoms with van der Waals surface area (Å²) in [6.07, 6.45) is 2.88. The van der Waals surface area contributed by atoms with Gasteiger partial charge in [0.2, 0.25) is 0 Å². The van der Waals surface area contributed by atoms with Crippen LogP contribution in [-0.4, -0.2) is 29.5 Å². The van der Waals surface area contributed by atoms with Crippen LogP contribution in [0.2, 0.25) is 0 Å². The van der Waals surface area contributed by atoms with E-state index in [9.17, 15) is 0 Å². The lowest BCUT2D eigenvalue weighted by atomic mass is 10.3. The monoisotopic (exact) mass is 273 g/mol. The molecule has 2 heterocycles. The van der Waals surface area contributed by atoms with Gasteiger partial charge in [-0.1, -0.05) is 6.92 Å². The van der Waals surface area contributed by atoms with Gasteiger partial charge in [0.05, 0.1) is 24.6 Å². The summed E-state index contributed by atoms with van der Waals surface area (Å²) in [4.78, 5) is 0. The van der Waals surface area contributed by atoms with E-state index in [0.717, 1.165) is 42.4 Å². The first kappa shape index (κ1) is 13.0. The molecule has 0 unspecified atom stereocenters. The average Bonchev–Trinajstić information content (AvgIpc) is 2.82. The van der Waals surface area contributed by atoms with Crippen molar-refractivity contribution in [3.63, 3.8) is 0 Å². The molecule has 0 aliphatic carbocycles. The largest absolute Gasteiger partial charge is 0.490 e. The molecule has 0 atom stereocenters. The Bertz CT molecular complexity index is 580. The van der Waals surface area contributed by atoms with Crippen molar-refractivity contribution in [2.45, 2.75) is 19.9 Å². The van der Waals surface area contributed by atoms with Gasteiger partial charge in [-0.15, -0.1) is 0 Å². The third kappa shape index (κ3) is 2.77. The molecule has 0 spiro atoms. The van der Waals surface area contributed by atoms with E-state index >= 15 is 0 Å². The van der Waals surface area contributed by atoms with Gasteiger partial charge >= 0.3 is 0 Å². The van der Waals surface area contributed by atoms with E-state index in [0.29, 0.717) is 13.2 Å². The summed E-state index contributed by atoms with van der Waals surface area (Å²) in [7, 11) is 0. The fraction of sp³-hybridized carbons (Fsp3) is 0.400. The minimum absolute atomic E-state index is 0.696. The normalized spacial score (nSPS) is 14.1. The topological polar surface area (TPSA) is 48.3 Å². The molecule has 0 fully saturated rings. The second-order valence-corrected chi connectivity index (χ2v) is 4.71. The molecule has 0 bridgehead atoms. The van der Waals surface area contributed by atoms with Crippen molar-refractivity contribution in [2.75, 3.05) is 19.8 Å². The lowest BCUT2D eigenvalue weighted by molar-refractivity contribution is 0.297. The zero-order valence-electron chi connectivity index (χ0n) is 11.6. The second-order valence-electron chi connectivity index (χ2n) is 4.71. The summed E-state index contributed by atoms with van der Waals surface area (Å²) in [5, 5.41) is 7.82. The SMILES string of the molecule is CCNCc1ccn(-c2ccc3c(c2)OCCCO3)n1. The van der Waals surface area contributed by atoms with Crippen molar-refractivity contribution in [2.24, 2.45) is 0 Å². The van der Waals surface area contributed by atoms with E-state index in [1.54, 1.807) is 0 Å². The highest BCUT2D eigenvalue weighted by Crippen LogP contribution is 2.31. The predicted octanol–water partition coefficient (Wildman–Crippen LogP) is 2.14. The van der Waals surface area contributed by atoms with Gasteiger partial charge in [0.1, 0.15) is 0 Å². The smallest absolute Gasteiger partial charge is 0.163 e. The average molecular weight is 273 g/mol. The van der Waals surface area contributed by atoms with Gasteiger partial charge in [-0.2, -0.15) is 5.10 Å². The first-order valence-electron chi connectivity index (χ1n) is 7.02. The number of ether oxygens (including phenoxy) is 2. The van der Waals surface area contributed by atoms with Crippen molar-refractivity contribution >= 4 is 0 Å². The molecule has 106 valence electrons. The summed E-state index contributed by atoms with van der Waals surface area (Å²) < 4.78 is 13.2. The molecule has 0 saturated heterocycles. The Labute approximate surface area is 118 Å². The molecule has 5 nitrogen and oxygen atoms in total. The van der Waals surface area contributed by atoms with Gasteiger partial charge in [-0.25, -0.2) is 4.68 Å². The van der Waals surface area contributed by atoms with Gasteiger partial charge in [0, 0.05) is 25.2 Å². The number of fused-ring (bicyclic) bond motifs is 1. The van der Waals surface area contributed by atoms with E-state index in [4.69, 9.17) is 9.47 Å². The summed E-state index contributed by atoms with van der Waals surface area (Å²) in [6, 6.07) is 7.94. The highest BCUT2D eigenvalue weighted by atomic mass is 16.5. The van der Waals surface area contributed by atoms with Gasteiger partial charge in [0.15, 0.2) is 11.5 Å². The van der Waals surface area contributed by atoms with E-state index < -0.39 is 0 Å². The predicted molar refractivity (Wildman–Crippen MR) is 76.6 cm³/mol. The molecule has 5 heteroatoms. The van der Waals surface area contributed by atoms with Gasteiger partial charge in [-0.3, -0.25) is 0 Å². The molecular weight excluding hydrogens is 254 g/mol. The standard InChI is InChI=1S/C15H19N3O2/c1-2-16-11-12-6-7-18(17-12)13-4-5-14-15(10-13)20-9-3-8-19-14/h4-7,10,16H,2-3,8-9,11H2,1H3. The van der Waals surface area contributed by atoms with Gasteiger partial charge < -0.3 is 14.8 Å². The van der Waals surface area contributed by atoms with Crippen LogP contribution in [0.4, 0.5) is 0 Å². The number of aromatic nitrogens is 2. The molecule has 1 aromatic carbocycles. The van der Waals surface area contributed by atoms with E-state index in [-0.39, 0.29) is 0 Å². The molecule has 0 amide bonds. The summed E-state index contributed by atoms with van der Waals surface area (Å²) in [5.41, 5.74) is 2.01. The third-order valence-electron chi connectivity index (χ3n) is 3.20. The number of nitrogens with one attached hydrogen (secondary N) is 1. The molecular formula is C15H19N3O2. The maximum atomic E-state index is 5.70. The van der Waals surface area contributed by atoms with Crippen LogP contribution in [0.1, 0.15) is 19.0 Å². The Morgan fingerprint density at radius 1 is 1.20 bits per heavy atom. The first-order valence-corrected chi connectivity index (χ1v) is 7.02. The van der Waals surface area contributed by atoms with Crippen LogP contribution in [0, 0.1) is 0 Å². The Hall–Kier alpha value is -2.01. The molecule has 2 aromatic rings. The van der Waals surface area contributed by atoms with Crippen LogP contribution in [0.5, 0.6) is 11.5 Å². The summed E-state index contributed by atoms with van der Waals surface area (Å²) in [6.45, 7) is 5.22. The van der Waals surface area contributed by atoms with E-state index in [1.807, 2.05) is 35.1 Å². The quantitative estimate of drug-likeness (QED) is 0.927. The van der Waals surface area contributed by atoms with Crippen LogP contribution in [0.25, 0.3) is 5.69 Å². The Morgan fingerprint density at radius 2 is 2.05 bits per heavy atom. The number of hydrogen-bond acceptors (Lipinski definition) is 4. The zero-order chi connectivity index (χ0) is 13.8. The third-order valence-corrected chi connectivity index (χ3v) is 3.20. The molecule has 20 heavy (non-hydrogen) atoms. The molecule has 0 saturated carbocycles. The molecule has 1 aromatic heterocycles. The van der Waals surface area contributed by atoms with Gasteiger partial charge in [-0.05, 0) is 24.7 Å². The zero-order valence-corrected chi connectivity index (χ0v) is 11.6. The number of nitrogens with zero attached hydrogens (tertiary/aromatic N) is 2. The molecule has 0 radical (unpaired) electrons.